The van der Waals surface area contributed by atoms with Crippen LogP contribution in [-0.4, -0.2) is 21.4 Å². The number of rotatable bonds is 6. The van der Waals surface area contributed by atoms with Crippen LogP contribution in [0.15, 0.2) is 53.4 Å². The number of alkyl halides is 3. The topological polar surface area (TPSA) is 52.6 Å². The second kappa shape index (κ2) is 7.23. The van der Waals surface area contributed by atoms with Gasteiger partial charge in [0.2, 0.25) is 0 Å². The van der Waals surface area contributed by atoms with Gasteiger partial charge in [-0.05, 0) is 43.2 Å². The molecule has 0 saturated heterocycles. The zero-order valence-corrected chi connectivity index (χ0v) is 13.5. The van der Waals surface area contributed by atoms with E-state index in [1.54, 1.807) is 12.1 Å². The van der Waals surface area contributed by atoms with Crippen molar-refractivity contribution < 1.29 is 30.5 Å². The molecular weight excluding hydrogens is 345 g/mol. The van der Waals surface area contributed by atoms with E-state index in [9.17, 15) is 21.6 Å². The molecule has 4 nitrogen and oxygen atoms in total. The standard InChI is InChI=1S/C16H15F3O4S/c1-12-2-8-15(9-3-12)24(20,21)22-11-10-13-4-6-14(7-5-13)23-16(17,18)19/h2-9H,10-11H2,1H3. The Morgan fingerprint density at radius 3 is 2.08 bits per heavy atom. The van der Waals surface area contributed by atoms with Crippen molar-refractivity contribution in [1.29, 1.82) is 0 Å². The normalized spacial score (nSPS) is 12.2. The van der Waals surface area contributed by atoms with Crippen LogP contribution in [0.5, 0.6) is 5.75 Å². The molecule has 0 aliphatic heterocycles. The number of ether oxygens (including phenoxy) is 1. The van der Waals surface area contributed by atoms with E-state index < -0.39 is 16.5 Å². The van der Waals surface area contributed by atoms with Crippen LogP contribution in [0, 0.1) is 6.92 Å². The van der Waals surface area contributed by atoms with E-state index >= 15 is 0 Å². The third-order valence-corrected chi connectivity index (χ3v) is 4.42. The summed E-state index contributed by atoms with van der Waals surface area (Å²) < 4.78 is 68.8. The summed E-state index contributed by atoms with van der Waals surface area (Å²) in [6, 6.07) is 11.4. The summed E-state index contributed by atoms with van der Waals surface area (Å²) >= 11 is 0. The van der Waals surface area contributed by atoms with Crippen molar-refractivity contribution >= 4 is 10.1 Å². The van der Waals surface area contributed by atoms with Gasteiger partial charge in [0.25, 0.3) is 10.1 Å². The number of aryl methyl sites for hydroxylation is 1. The van der Waals surface area contributed by atoms with Gasteiger partial charge in [-0.25, -0.2) is 0 Å². The molecule has 0 aliphatic rings. The zero-order valence-electron chi connectivity index (χ0n) is 12.7. The van der Waals surface area contributed by atoms with Gasteiger partial charge in [0.15, 0.2) is 0 Å². The van der Waals surface area contributed by atoms with Gasteiger partial charge < -0.3 is 4.74 Å². The van der Waals surface area contributed by atoms with E-state index in [4.69, 9.17) is 4.18 Å². The van der Waals surface area contributed by atoms with Crippen LogP contribution < -0.4 is 4.74 Å². The summed E-state index contributed by atoms with van der Waals surface area (Å²) in [6.45, 7) is 1.72. The minimum absolute atomic E-state index is 0.0574. The molecule has 0 radical (unpaired) electrons. The molecular formula is C16H15F3O4S. The predicted octanol–water partition coefficient (Wildman–Crippen LogP) is 3.84. The SMILES string of the molecule is Cc1ccc(S(=O)(=O)OCCc2ccc(OC(F)(F)F)cc2)cc1. The lowest BCUT2D eigenvalue weighted by Gasteiger charge is -2.09. The predicted molar refractivity (Wildman–Crippen MR) is 81.1 cm³/mol. The van der Waals surface area contributed by atoms with Crippen LogP contribution >= 0.6 is 0 Å². The molecule has 0 aromatic heterocycles. The fourth-order valence-electron chi connectivity index (χ4n) is 1.90. The van der Waals surface area contributed by atoms with Crippen molar-refractivity contribution in [1.82, 2.24) is 0 Å². The van der Waals surface area contributed by atoms with Gasteiger partial charge in [-0.2, -0.15) is 8.42 Å². The van der Waals surface area contributed by atoms with Crippen molar-refractivity contribution in [3.63, 3.8) is 0 Å². The Kier molecular flexibility index (Phi) is 5.51. The third-order valence-electron chi connectivity index (χ3n) is 3.10. The van der Waals surface area contributed by atoms with E-state index in [0.29, 0.717) is 5.56 Å². The fraction of sp³-hybridized carbons (Fsp3) is 0.250. The van der Waals surface area contributed by atoms with Crippen LogP contribution in [0.25, 0.3) is 0 Å². The highest BCUT2D eigenvalue weighted by atomic mass is 32.2. The van der Waals surface area contributed by atoms with E-state index in [1.807, 2.05) is 6.92 Å². The minimum atomic E-state index is -4.74. The maximum atomic E-state index is 12.1. The largest absolute Gasteiger partial charge is 0.573 e. The minimum Gasteiger partial charge on any atom is -0.406 e. The first-order valence-corrected chi connectivity index (χ1v) is 8.37. The summed E-state index contributed by atoms with van der Waals surface area (Å²) in [6.07, 6.45) is -4.51. The lowest BCUT2D eigenvalue weighted by Crippen LogP contribution is -2.17. The molecule has 0 aliphatic carbocycles. The number of halogens is 3. The summed E-state index contributed by atoms with van der Waals surface area (Å²) in [5.41, 5.74) is 1.55. The molecule has 0 atom stereocenters. The highest BCUT2D eigenvalue weighted by Gasteiger charge is 2.30. The summed E-state index contributed by atoms with van der Waals surface area (Å²) in [5.74, 6) is -0.334. The lowest BCUT2D eigenvalue weighted by atomic mass is 10.1. The molecule has 2 aromatic carbocycles. The Morgan fingerprint density at radius 2 is 1.54 bits per heavy atom. The van der Waals surface area contributed by atoms with Gasteiger partial charge in [-0.1, -0.05) is 29.8 Å². The molecule has 0 heterocycles. The van der Waals surface area contributed by atoms with Gasteiger partial charge in [0.1, 0.15) is 5.75 Å². The molecule has 0 spiro atoms. The number of hydrogen-bond donors (Lipinski definition) is 0. The molecule has 2 rings (SSSR count). The highest BCUT2D eigenvalue weighted by molar-refractivity contribution is 7.86. The number of benzene rings is 2. The Hall–Kier alpha value is -2.06. The van der Waals surface area contributed by atoms with E-state index in [1.165, 1.54) is 24.3 Å². The van der Waals surface area contributed by atoms with Crippen LogP contribution in [-0.2, 0) is 20.7 Å². The van der Waals surface area contributed by atoms with Crippen LogP contribution in [0.3, 0.4) is 0 Å². The maximum absolute atomic E-state index is 12.1. The molecule has 0 fully saturated rings. The van der Waals surface area contributed by atoms with Crippen LogP contribution in [0.4, 0.5) is 13.2 Å². The zero-order chi connectivity index (χ0) is 17.8. The molecule has 0 saturated carbocycles. The first kappa shape index (κ1) is 18.3. The Bertz CT molecular complexity index is 766. The average Bonchev–Trinajstić information content (AvgIpc) is 2.48. The van der Waals surface area contributed by atoms with Gasteiger partial charge in [0, 0.05) is 0 Å². The highest BCUT2D eigenvalue weighted by Crippen LogP contribution is 2.23. The maximum Gasteiger partial charge on any atom is 0.573 e. The quantitative estimate of drug-likeness (QED) is 0.735. The van der Waals surface area contributed by atoms with E-state index in [-0.39, 0.29) is 23.7 Å². The monoisotopic (exact) mass is 360 g/mol. The smallest absolute Gasteiger partial charge is 0.406 e. The van der Waals surface area contributed by atoms with Gasteiger partial charge in [-0.3, -0.25) is 4.18 Å². The Morgan fingerprint density at radius 1 is 0.958 bits per heavy atom. The molecule has 0 unspecified atom stereocenters. The third kappa shape index (κ3) is 5.54. The molecule has 2 aromatic rings. The van der Waals surface area contributed by atoms with E-state index in [0.717, 1.165) is 17.7 Å². The first-order chi connectivity index (χ1) is 11.2. The summed E-state index contributed by atoms with van der Waals surface area (Å²) in [5, 5.41) is 0. The van der Waals surface area contributed by atoms with Crippen molar-refractivity contribution in [3.8, 4) is 5.75 Å². The second-order valence-electron chi connectivity index (χ2n) is 5.03. The van der Waals surface area contributed by atoms with Crippen LogP contribution in [0.1, 0.15) is 11.1 Å². The van der Waals surface area contributed by atoms with E-state index in [2.05, 4.69) is 4.74 Å². The molecule has 24 heavy (non-hydrogen) atoms. The lowest BCUT2D eigenvalue weighted by molar-refractivity contribution is -0.274. The molecule has 130 valence electrons. The summed E-state index contributed by atoms with van der Waals surface area (Å²) in [4.78, 5) is 0.0574. The van der Waals surface area contributed by atoms with Crippen molar-refractivity contribution in [2.24, 2.45) is 0 Å². The fourth-order valence-corrected chi connectivity index (χ4v) is 2.81. The molecule has 0 bridgehead atoms. The average molecular weight is 360 g/mol. The van der Waals surface area contributed by atoms with Crippen molar-refractivity contribution in [2.75, 3.05) is 6.61 Å². The summed E-state index contributed by atoms with van der Waals surface area (Å²) in [7, 11) is -3.85. The molecule has 8 heteroatoms. The van der Waals surface area contributed by atoms with Gasteiger partial charge in [-0.15, -0.1) is 13.2 Å². The molecule has 0 amide bonds. The molecule has 0 N–H and O–H groups in total. The van der Waals surface area contributed by atoms with Crippen molar-refractivity contribution in [2.45, 2.75) is 24.6 Å². The first-order valence-electron chi connectivity index (χ1n) is 6.96. The van der Waals surface area contributed by atoms with Crippen LogP contribution in [0.2, 0.25) is 0 Å². The Balaban J connectivity index is 1.90. The van der Waals surface area contributed by atoms with Gasteiger partial charge in [0.05, 0.1) is 11.5 Å². The van der Waals surface area contributed by atoms with Gasteiger partial charge >= 0.3 is 6.36 Å². The second-order valence-corrected chi connectivity index (χ2v) is 6.65. The Labute approximate surface area is 138 Å². The van der Waals surface area contributed by atoms with Crippen molar-refractivity contribution in [3.05, 3.63) is 59.7 Å². The number of hydrogen-bond acceptors (Lipinski definition) is 4.